The summed E-state index contributed by atoms with van der Waals surface area (Å²) in [6, 6.07) is 4.04. The molecule has 1 atom stereocenters. The molecule has 0 spiro atoms. The number of nitrogens with two attached hydrogens (primary N) is 1. The van der Waals surface area contributed by atoms with Gasteiger partial charge in [-0.25, -0.2) is 12.8 Å². The first-order chi connectivity index (χ1) is 13.7. The number of hydrogen-bond donors (Lipinski definition) is 1. The average Bonchev–Trinajstić information content (AvgIpc) is 3.53. The predicted molar refractivity (Wildman–Crippen MR) is 108 cm³/mol. The van der Waals surface area contributed by atoms with Crippen LogP contribution in [-0.4, -0.2) is 51.3 Å². The topological polar surface area (TPSA) is 98.9 Å². The van der Waals surface area contributed by atoms with Crippen molar-refractivity contribution in [2.24, 2.45) is 11.7 Å². The lowest BCUT2D eigenvalue weighted by Gasteiger charge is -2.25. The van der Waals surface area contributed by atoms with Crippen LogP contribution in [0.3, 0.4) is 0 Å². The van der Waals surface area contributed by atoms with Gasteiger partial charge in [0.15, 0.2) is 11.6 Å². The molecule has 9 heteroatoms. The largest absolute Gasteiger partial charge is 0.490 e. The van der Waals surface area contributed by atoms with Gasteiger partial charge in [-0.3, -0.25) is 4.79 Å². The molecule has 0 saturated heterocycles. The molecule has 0 aromatic heterocycles. The van der Waals surface area contributed by atoms with E-state index in [1.807, 2.05) is 0 Å². The Kier molecular flexibility index (Phi) is 8.85. The number of hydrogen-bond acceptors (Lipinski definition) is 6. The fourth-order valence-corrected chi connectivity index (χ4v) is 4.25. The summed E-state index contributed by atoms with van der Waals surface area (Å²) in [5.41, 5.74) is 5.82. The first-order valence-corrected chi connectivity index (χ1v) is 11.6. The number of carbonyl (C=O) groups is 1. The fourth-order valence-electron chi connectivity index (χ4n) is 2.79. The number of unbranched alkanes of at least 4 members (excludes halogenated alkanes) is 2. The van der Waals surface area contributed by atoms with E-state index in [1.54, 1.807) is 19.1 Å². The van der Waals surface area contributed by atoms with Crippen molar-refractivity contribution in [2.75, 3.05) is 32.6 Å². The van der Waals surface area contributed by atoms with Crippen LogP contribution >= 0.6 is 0 Å². The SMILES string of the molecule is CC(c1ccc(F)c(OCC2CC2)c1)N(C)S(=O)(=O)CCCCCOC(=O)CN. The van der Waals surface area contributed by atoms with E-state index in [9.17, 15) is 17.6 Å². The highest BCUT2D eigenvalue weighted by atomic mass is 32.2. The predicted octanol–water partition coefficient (Wildman–Crippen LogP) is 2.61. The standard InChI is InChI=1S/C20H31FN2O5S/c1-15(17-8-9-18(21)19(12-17)28-14-16-6-7-16)23(2)29(25,26)11-5-3-4-10-27-20(24)13-22/h8-9,12,15-16H,3-7,10-11,13-14,22H2,1-2H3. The number of ether oxygens (including phenoxy) is 2. The van der Waals surface area contributed by atoms with Gasteiger partial charge in [-0.1, -0.05) is 6.07 Å². The second-order valence-corrected chi connectivity index (χ2v) is 9.59. The monoisotopic (exact) mass is 430 g/mol. The molecule has 1 aliphatic carbocycles. The van der Waals surface area contributed by atoms with E-state index in [2.05, 4.69) is 0 Å². The molecule has 164 valence electrons. The van der Waals surface area contributed by atoms with Gasteiger partial charge in [0.1, 0.15) is 0 Å². The molecule has 0 heterocycles. The summed E-state index contributed by atoms with van der Waals surface area (Å²) < 4.78 is 51.0. The normalized spacial score (nSPS) is 15.3. The molecule has 0 amide bonds. The first kappa shape index (κ1) is 23.6. The maximum absolute atomic E-state index is 14.0. The minimum atomic E-state index is -3.48. The number of halogens is 1. The number of nitrogens with zero attached hydrogens (tertiary/aromatic N) is 1. The molecule has 1 aliphatic rings. The van der Waals surface area contributed by atoms with Crippen molar-refractivity contribution in [3.63, 3.8) is 0 Å². The van der Waals surface area contributed by atoms with Crippen LogP contribution in [0.2, 0.25) is 0 Å². The number of rotatable bonds is 13. The van der Waals surface area contributed by atoms with Crippen molar-refractivity contribution < 1.29 is 27.1 Å². The summed E-state index contributed by atoms with van der Waals surface area (Å²) in [6.07, 6.45) is 3.87. The van der Waals surface area contributed by atoms with E-state index in [1.165, 1.54) is 17.4 Å². The number of sulfonamides is 1. The molecule has 1 fully saturated rings. The minimum absolute atomic E-state index is 0.00902. The molecule has 7 nitrogen and oxygen atoms in total. The van der Waals surface area contributed by atoms with Crippen LogP contribution in [0.25, 0.3) is 0 Å². The summed E-state index contributed by atoms with van der Waals surface area (Å²) in [7, 11) is -1.96. The maximum atomic E-state index is 14.0. The van der Waals surface area contributed by atoms with Crippen molar-refractivity contribution in [1.82, 2.24) is 4.31 Å². The van der Waals surface area contributed by atoms with Crippen molar-refractivity contribution in [3.05, 3.63) is 29.6 Å². The highest BCUT2D eigenvalue weighted by molar-refractivity contribution is 7.89. The zero-order valence-electron chi connectivity index (χ0n) is 17.1. The summed E-state index contributed by atoms with van der Waals surface area (Å²) in [6.45, 7) is 2.33. The van der Waals surface area contributed by atoms with Crippen molar-refractivity contribution in [3.8, 4) is 5.75 Å². The molecule has 2 N–H and O–H groups in total. The molecule has 1 aromatic carbocycles. The van der Waals surface area contributed by atoms with E-state index in [0.717, 1.165) is 12.8 Å². The quantitative estimate of drug-likeness (QED) is 0.381. The van der Waals surface area contributed by atoms with Gasteiger partial charge < -0.3 is 15.2 Å². The first-order valence-electron chi connectivity index (χ1n) is 9.98. The third-order valence-electron chi connectivity index (χ3n) is 5.07. The Balaban J connectivity index is 1.86. The molecule has 1 unspecified atom stereocenters. The lowest BCUT2D eigenvalue weighted by molar-refractivity contribution is -0.142. The molecular formula is C20H31FN2O5S. The summed E-state index contributed by atoms with van der Waals surface area (Å²) in [5, 5.41) is 0. The Morgan fingerprint density at radius 1 is 1.31 bits per heavy atom. The second kappa shape index (κ2) is 10.9. The number of esters is 1. The third kappa shape index (κ3) is 7.56. The van der Waals surface area contributed by atoms with Gasteiger partial charge in [0, 0.05) is 13.1 Å². The van der Waals surface area contributed by atoms with Crippen LogP contribution in [0.15, 0.2) is 18.2 Å². The van der Waals surface area contributed by atoms with Gasteiger partial charge in [0.25, 0.3) is 0 Å². The van der Waals surface area contributed by atoms with Crippen molar-refractivity contribution in [1.29, 1.82) is 0 Å². The van der Waals surface area contributed by atoms with E-state index in [-0.39, 0.29) is 24.7 Å². The molecule has 1 aromatic rings. The Morgan fingerprint density at radius 2 is 2.03 bits per heavy atom. The Labute approximate surface area is 172 Å². The smallest absolute Gasteiger partial charge is 0.319 e. The van der Waals surface area contributed by atoms with Crippen LogP contribution in [0.1, 0.15) is 50.6 Å². The summed E-state index contributed by atoms with van der Waals surface area (Å²) in [5.74, 6) is -0.255. The maximum Gasteiger partial charge on any atom is 0.319 e. The third-order valence-corrected chi connectivity index (χ3v) is 7.07. The lowest BCUT2D eigenvalue weighted by atomic mass is 10.1. The van der Waals surface area contributed by atoms with Crippen LogP contribution in [-0.2, 0) is 19.6 Å². The molecular weight excluding hydrogens is 399 g/mol. The molecule has 0 bridgehead atoms. The zero-order valence-corrected chi connectivity index (χ0v) is 17.9. The van der Waals surface area contributed by atoms with Crippen LogP contribution in [0.5, 0.6) is 5.75 Å². The van der Waals surface area contributed by atoms with Gasteiger partial charge in [-0.15, -0.1) is 0 Å². The summed E-state index contributed by atoms with van der Waals surface area (Å²) >= 11 is 0. The van der Waals surface area contributed by atoms with E-state index >= 15 is 0 Å². The molecule has 0 aliphatic heterocycles. The highest BCUT2D eigenvalue weighted by Gasteiger charge is 2.26. The minimum Gasteiger partial charge on any atom is -0.490 e. The van der Waals surface area contributed by atoms with Gasteiger partial charge in [0.05, 0.1) is 25.5 Å². The molecule has 2 rings (SSSR count). The second-order valence-electron chi connectivity index (χ2n) is 7.44. The van der Waals surface area contributed by atoms with Crippen molar-refractivity contribution >= 4 is 16.0 Å². The highest BCUT2D eigenvalue weighted by Crippen LogP contribution is 2.32. The molecule has 0 radical (unpaired) electrons. The lowest BCUT2D eigenvalue weighted by Crippen LogP contribution is -2.31. The molecule has 29 heavy (non-hydrogen) atoms. The van der Waals surface area contributed by atoms with Crippen LogP contribution in [0.4, 0.5) is 4.39 Å². The van der Waals surface area contributed by atoms with E-state index < -0.39 is 27.9 Å². The Morgan fingerprint density at radius 3 is 2.69 bits per heavy atom. The average molecular weight is 431 g/mol. The van der Waals surface area contributed by atoms with Gasteiger partial charge in [-0.05, 0) is 62.6 Å². The van der Waals surface area contributed by atoms with Crippen LogP contribution < -0.4 is 10.5 Å². The van der Waals surface area contributed by atoms with Gasteiger partial charge in [0.2, 0.25) is 10.0 Å². The fraction of sp³-hybridized carbons (Fsp3) is 0.650. The van der Waals surface area contributed by atoms with Gasteiger partial charge >= 0.3 is 5.97 Å². The number of benzene rings is 1. The van der Waals surface area contributed by atoms with E-state index in [4.69, 9.17) is 15.2 Å². The summed E-state index contributed by atoms with van der Waals surface area (Å²) in [4.78, 5) is 10.9. The molecule has 1 saturated carbocycles. The Hall–Kier alpha value is -1.71. The van der Waals surface area contributed by atoms with E-state index in [0.29, 0.717) is 37.4 Å². The van der Waals surface area contributed by atoms with Crippen LogP contribution in [0, 0.1) is 11.7 Å². The Bertz CT molecular complexity index is 783. The van der Waals surface area contributed by atoms with Gasteiger partial charge in [-0.2, -0.15) is 4.31 Å². The van der Waals surface area contributed by atoms with Crippen molar-refractivity contribution in [2.45, 2.75) is 45.1 Å². The number of carbonyl (C=O) groups excluding carboxylic acids is 1. The zero-order chi connectivity index (χ0) is 21.4.